The van der Waals surface area contributed by atoms with Gasteiger partial charge in [0.1, 0.15) is 5.82 Å². The van der Waals surface area contributed by atoms with E-state index in [0.29, 0.717) is 12.3 Å². The molecule has 0 saturated heterocycles. The summed E-state index contributed by atoms with van der Waals surface area (Å²) >= 11 is 12.0. The predicted octanol–water partition coefficient (Wildman–Crippen LogP) is 5.27. The van der Waals surface area contributed by atoms with Gasteiger partial charge in [0, 0.05) is 23.7 Å². The van der Waals surface area contributed by atoms with Crippen molar-refractivity contribution in [3.05, 3.63) is 51.4 Å². The molecule has 0 fully saturated rings. The number of pyridine rings is 1. The van der Waals surface area contributed by atoms with Crippen LogP contribution in [-0.4, -0.2) is 29.4 Å². The Kier molecular flexibility index (Phi) is 5.48. The van der Waals surface area contributed by atoms with Crippen LogP contribution in [0.25, 0.3) is 11.3 Å². The average Bonchev–Trinajstić information content (AvgIpc) is 3.04. The first-order chi connectivity index (χ1) is 13.5. The molecule has 0 spiro atoms. The molecule has 1 aliphatic rings. The van der Waals surface area contributed by atoms with Gasteiger partial charge in [0.25, 0.3) is 0 Å². The molecule has 0 aliphatic carbocycles. The molecule has 29 heavy (non-hydrogen) atoms. The molecule has 154 valence electrons. The van der Waals surface area contributed by atoms with Gasteiger partial charge in [-0.3, -0.25) is 4.98 Å². The zero-order valence-electron chi connectivity index (χ0n) is 14.9. The van der Waals surface area contributed by atoms with Crippen LogP contribution >= 0.6 is 23.2 Å². The molecular formula is C18H12Cl2F4N2O3. The number of halogens is 6. The van der Waals surface area contributed by atoms with E-state index in [1.165, 1.54) is 20.1 Å². The molecule has 0 amide bonds. The first-order valence-electron chi connectivity index (χ1n) is 8.02. The highest BCUT2D eigenvalue weighted by atomic mass is 35.5. The summed E-state index contributed by atoms with van der Waals surface area (Å²) in [5.74, 6) is -1.51. The summed E-state index contributed by atoms with van der Waals surface area (Å²) in [4.78, 5) is 20.7. The summed E-state index contributed by atoms with van der Waals surface area (Å²) in [7, 11) is 1.19. The standard InChI is InChI=1S/C18H12Cl2F4N2O3/c1-17(16(27)28-2)6-14(26-29-17)9-4-10(13(21)5-11(9)19)15-12(20)3-8(7-25-15)18(22,23)24/h3-5,7H,6H2,1-2H3. The Bertz CT molecular complexity index is 1030. The number of ether oxygens (including phenoxy) is 1. The van der Waals surface area contributed by atoms with Crippen LogP contribution in [0.15, 0.2) is 29.6 Å². The molecule has 1 aliphatic heterocycles. The molecule has 3 rings (SSSR count). The molecule has 11 heteroatoms. The van der Waals surface area contributed by atoms with Crippen LogP contribution < -0.4 is 0 Å². The van der Waals surface area contributed by atoms with Gasteiger partial charge in [0.05, 0.1) is 34.1 Å². The third-order valence-electron chi connectivity index (χ3n) is 4.27. The van der Waals surface area contributed by atoms with E-state index < -0.39 is 34.1 Å². The van der Waals surface area contributed by atoms with Crippen molar-refractivity contribution in [1.29, 1.82) is 0 Å². The van der Waals surface area contributed by atoms with Gasteiger partial charge in [0.15, 0.2) is 0 Å². The Morgan fingerprint density at radius 3 is 2.48 bits per heavy atom. The number of hydrogen-bond acceptors (Lipinski definition) is 5. The largest absolute Gasteiger partial charge is 0.466 e. The SMILES string of the molecule is COC(=O)C1(C)CC(c2cc(-c3ncc(C(F)(F)F)cc3Cl)c(F)cc2Cl)=NO1. The molecule has 2 heterocycles. The fourth-order valence-corrected chi connectivity index (χ4v) is 3.28. The molecule has 1 unspecified atom stereocenters. The average molecular weight is 451 g/mol. The van der Waals surface area contributed by atoms with Crippen molar-refractivity contribution in [3.63, 3.8) is 0 Å². The highest BCUT2D eigenvalue weighted by molar-refractivity contribution is 6.35. The zero-order chi connectivity index (χ0) is 21.6. The maximum absolute atomic E-state index is 14.5. The van der Waals surface area contributed by atoms with E-state index in [1.807, 2.05) is 0 Å². The van der Waals surface area contributed by atoms with Crippen molar-refractivity contribution in [1.82, 2.24) is 4.98 Å². The lowest BCUT2D eigenvalue weighted by molar-refractivity contribution is -0.164. The van der Waals surface area contributed by atoms with Crippen LogP contribution in [0.4, 0.5) is 17.6 Å². The summed E-state index contributed by atoms with van der Waals surface area (Å²) in [6, 6.07) is 2.85. The molecule has 0 N–H and O–H groups in total. The number of carbonyl (C=O) groups is 1. The van der Waals surface area contributed by atoms with Crippen LogP contribution in [-0.2, 0) is 20.5 Å². The third kappa shape index (κ3) is 4.02. The van der Waals surface area contributed by atoms with E-state index in [9.17, 15) is 22.4 Å². The van der Waals surface area contributed by atoms with Gasteiger partial charge < -0.3 is 9.57 Å². The Hall–Kier alpha value is -2.39. The maximum Gasteiger partial charge on any atom is 0.417 e. The first kappa shape index (κ1) is 21.3. The molecule has 0 radical (unpaired) electrons. The minimum Gasteiger partial charge on any atom is -0.466 e. The van der Waals surface area contributed by atoms with E-state index in [2.05, 4.69) is 14.9 Å². The minimum atomic E-state index is -4.65. The van der Waals surface area contributed by atoms with Crippen molar-refractivity contribution in [3.8, 4) is 11.3 Å². The van der Waals surface area contributed by atoms with Crippen molar-refractivity contribution in [2.75, 3.05) is 7.11 Å². The molecule has 0 bridgehead atoms. The Balaban J connectivity index is 2.03. The van der Waals surface area contributed by atoms with Gasteiger partial charge in [-0.05, 0) is 25.1 Å². The summed E-state index contributed by atoms with van der Waals surface area (Å²) in [5.41, 5.74) is -2.39. The number of aromatic nitrogens is 1. The Labute approximate surface area is 172 Å². The molecule has 5 nitrogen and oxygen atoms in total. The summed E-state index contributed by atoms with van der Waals surface area (Å²) in [6.07, 6.45) is -4.11. The van der Waals surface area contributed by atoms with Crippen molar-refractivity contribution >= 4 is 34.9 Å². The molecule has 2 aromatic rings. The highest BCUT2D eigenvalue weighted by Gasteiger charge is 2.44. The highest BCUT2D eigenvalue weighted by Crippen LogP contribution is 2.37. The lowest BCUT2D eigenvalue weighted by Crippen LogP contribution is -2.36. The van der Waals surface area contributed by atoms with Crippen molar-refractivity contribution in [2.24, 2.45) is 5.16 Å². The van der Waals surface area contributed by atoms with Crippen LogP contribution in [0, 0.1) is 5.82 Å². The first-order valence-corrected chi connectivity index (χ1v) is 8.78. The molecule has 1 atom stereocenters. The number of alkyl halides is 3. The predicted molar refractivity (Wildman–Crippen MR) is 97.3 cm³/mol. The number of methoxy groups -OCH3 is 1. The molecule has 0 saturated carbocycles. The van der Waals surface area contributed by atoms with Gasteiger partial charge in [-0.15, -0.1) is 0 Å². The summed E-state index contributed by atoms with van der Waals surface area (Å²) < 4.78 is 57.6. The van der Waals surface area contributed by atoms with E-state index >= 15 is 0 Å². The van der Waals surface area contributed by atoms with Crippen LogP contribution in [0.1, 0.15) is 24.5 Å². The van der Waals surface area contributed by atoms with Gasteiger partial charge in [-0.1, -0.05) is 28.4 Å². The second-order valence-electron chi connectivity index (χ2n) is 6.39. The topological polar surface area (TPSA) is 60.8 Å². The van der Waals surface area contributed by atoms with Gasteiger partial charge in [0.2, 0.25) is 5.60 Å². The number of hydrogen-bond donors (Lipinski definition) is 0. The molecular weight excluding hydrogens is 439 g/mol. The van der Waals surface area contributed by atoms with Crippen LogP contribution in [0.2, 0.25) is 10.0 Å². The molecule has 1 aromatic heterocycles. The third-order valence-corrected chi connectivity index (χ3v) is 4.87. The smallest absolute Gasteiger partial charge is 0.417 e. The molecule has 1 aromatic carbocycles. The quantitative estimate of drug-likeness (QED) is 0.472. The van der Waals surface area contributed by atoms with E-state index in [0.717, 1.165) is 6.07 Å². The minimum absolute atomic E-state index is 0.0152. The van der Waals surface area contributed by atoms with E-state index in [4.69, 9.17) is 28.0 Å². The maximum atomic E-state index is 14.5. The summed E-state index contributed by atoms with van der Waals surface area (Å²) in [5, 5.41) is 3.40. The number of carbonyl (C=O) groups excluding carboxylic acids is 1. The second-order valence-corrected chi connectivity index (χ2v) is 7.21. The number of nitrogens with zero attached hydrogens (tertiary/aromatic N) is 2. The lowest BCUT2D eigenvalue weighted by Gasteiger charge is -2.17. The monoisotopic (exact) mass is 450 g/mol. The Morgan fingerprint density at radius 1 is 1.21 bits per heavy atom. The van der Waals surface area contributed by atoms with E-state index in [1.54, 1.807) is 0 Å². The van der Waals surface area contributed by atoms with Gasteiger partial charge >= 0.3 is 12.1 Å². The van der Waals surface area contributed by atoms with Gasteiger partial charge in [-0.25, -0.2) is 9.18 Å². The number of esters is 1. The van der Waals surface area contributed by atoms with Gasteiger partial charge in [-0.2, -0.15) is 13.2 Å². The van der Waals surface area contributed by atoms with Crippen LogP contribution in [0.3, 0.4) is 0 Å². The lowest BCUT2D eigenvalue weighted by atomic mass is 9.94. The normalized spacial score (nSPS) is 19.0. The fourth-order valence-electron chi connectivity index (χ4n) is 2.75. The van der Waals surface area contributed by atoms with Crippen molar-refractivity contribution < 1.29 is 31.9 Å². The Morgan fingerprint density at radius 2 is 1.90 bits per heavy atom. The van der Waals surface area contributed by atoms with E-state index in [-0.39, 0.29) is 34.0 Å². The zero-order valence-corrected chi connectivity index (χ0v) is 16.4. The van der Waals surface area contributed by atoms with Crippen LogP contribution in [0.5, 0.6) is 0 Å². The summed E-state index contributed by atoms with van der Waals surface area (Å²) in [6.45, 7) is 1.46. The number of oxime groups is 1. The fraction of sp³-hybridized carbons (Fsp3) is 0.278. The second kappa shape index (κ2) is 7.46. The van der Waals surface area contributed by atoms with Crippen molar-refractivity contribution in [2.45, 2.75) is 25.1 Å². The number of rotatable bonds is 3. The number of benzene rings is 1.